The van der Waals surface area contributed by atoms with Crippen molar-refractivity contribution in [3.63, 3.8) is 0 Å². The Morgan fingerprint density at radius 2 is 1.84 bits per heavy atom. The van der Waals surface area contributed by atoms with Gasteiger partial charge in [-0.3, -0.25) is 0 Å². The predicted octanol–water partition coefficient (Wildman–Crippen LogP) is 2.72. The van der Waals surface area contributed by atoms with E-state index in [0.29, 0.717) is 13.1 Å². The Balaban J connectivity index is 1.68. The minimum atomic E-state index is 0.263. The zero-order chi connectivity index (χ0) is 17.6. The molecule has 0 saturated heterocycles. The fourth-order valence-corrected chi connectivity index (χ4v) is 2.63. The Hall–Kier alpha value is -2.89. The SMILES string of the molecule is CCNC(=NCc1ccc(O)cc1)N(C)Cc1ccc2c(c1)OCO2. The van der Waals surface area contributed by atoms with Gasteiger partial charge in [0, 0.05) is 20.1 Å². The van der Waals surface area contributed by atoms with E-state index in [1.165, 1.54) is 0 Å². The van der Waals surface area contributed by atoms with Gasteiger partial charge in [-0.1, -0.05) is 18.2 Å². The normalized spacial score (nSPS) is 13.0. The molecule has 2 aromatic rings. The van der Waals surface area contributed by atoms with Crippen molar-refractivity contribution in [1.29, 1.82) is 0 Å². The van der Waals surface area contributed by atoms with E-state index < -0.39 is 0 Å². The van der Waals surface area contributed by atoms with Gasteiger partial charge in [-0.25, -0.2) is 4.99 Å². The molecule has 1 heterocycles. The highest BCUT2D eigenvalue weighted by molar-refractivity contribution is 5.79. The Morgan fingerprint density at radius 1 is 1.12 bits per heavy atom. The Bertz CT molecular complexity index is 744. The molecule has 0 aliphatic carbocycles. The minimum absolute atomic E-state index is 0.263. The molecule has 6 heteroatoms. The van der Waals surface area contributed by atoms with Crippen molar-refractivity contribution in [3.8, 4) is 17.2 Å². The van der Waals surface area contributed by atoms with Gasteiger partial charge in [-0.05, 0) is 42.3 Å². The standard InChI is InChI=1S/C19H23N3O3/c1-3-20-19(21-11-14-4-7-16(23)8-5-14)22(2)12-15-6-9-17-18(10-15)25-13-24-17/h4-10,23H,3,11-13H2,1-2H3,(H,20,21). The first-order valence-electron chi connectivity index (χ1n) is 8.31. The smallest absolute Gasteiger partial charge is 0.231 e. The Kier molecular flexibility index (Phi) is 5.28. The highest BCUT2D eigenvalue weighted by atomic mass is 16.7. The highest BCUT2D eigenvalue weighted by Gasteiger charge is 2.14. The van der Waals surface area contributed by atoms with Crippen LogP contribution in [0.2, 0.25) is 0 Å². The zero-order valence-corrected chi connectivity index (χ0v) is 14.5. The second-order valence-electron chi connectivity index (χ2n) is 5.88. The van der Waals surface area contributed by atoms with Crippen LogP contribution in [0.15, 0.2) is 47.5 Å². The summed E-state index contributed by atoms with van der Waals surface area (Å²) in [7, 11) is 2.00. The summed E-state index contributed by atoms with van der Waals surface area (Å²) in [6.07, 6.45) is 0. The van der Waals surface area contributed by atoms with Crippen LogP contribution < -0.4 is 14.8 Å². The number of benzene rings is 2. The lowest BCUT2D eigenvalue weighted by molar-refractivity contribution is 0.174. The van der Waals surface area contributed by atoms with Gasteiger partial charge in [-0.2, -0.15) is 0 Å². The molecule has 0 atom stereocenters. The summed E-state index contributed by atoms with van der Waals surface area (Å²) >= 11 is 0. The summed E-state index contributed by atoms with van der Waals surface area (Å²) in [5.74, 6) is 2.67. The molecule has 1 aliphatic rings. The van der Waals surface area contributed by atoms with E-state index in [1.54, 1.807) is 12.1 Å². The first-order valence-corrected chi connectivity index (χ1v) is 8.31. The number of nitrogens with zero attached hydrogens (tertiary/aromatic N) is 2. The molecule has 0 spiro atoms. The predicted molar refractivity (Wildman–Crippen MR) is 97.0 cm³/mol. The van der Waals surface area contributed by atoms with Gasteiger partial charge in [0.1, 0.15) is 5.75 Å². The second-order valence-corrected chi connectivity index (χ2v) is 5.88. The third-order valence-corrected chi connectivity index (χ3v) is 3.90. The number of nitrogens with one attached hydrogen (secondary N) is 1. The number of phenolic OH excluding ortho intramolecular Hbond substituents is 1. The van der Waals surface area contributed by atoms with Crippen LogP contribution in [0.25, 0.3) is 0 Å². The number of hydrogen-bond donors (Lipinski definition) is 2. The van der Waals surface area contributed by atoms with Crippen LogP contribution in [0.4, 0.5) is 0 Å². The van der Waals surface area contributed by atoms with Crippen LogP contribution in [0, 0.1) is 0 Å². The monoisotopic (exact) mass is 341 g/mol. The first kappa shape index (κ1) is 17.0. The van der Waals surface area contributed by atoms with Crippen molar-refractivity contribution in [1.82, 2.24) is 10.2 Å². The quantitative estimate of drug-likeness (QED) is 0.647. The van der Waals surface area contributed by atoms with Crippen LogP contribution in [-0.2, 0) is 13.1 Å². The molecule has 1 aliphatic heterocycles. The summed E-state index contributed by atoms with van der Waals surface area (Å²) < 4.78 is 10.8. The van der Waals surface area contributed by atoms with Crippen LogP contribution in [0.1, 0.15) is 18.1 Å². The summed E-state index contributed by atoms with van der Waals surface area (Å²) in [4.78, 5) is 6.75. The number of ether oxygens (including phenoxy) is 2. The molecule has 0 aromatic heterocycles. The lowest BCUT2D eigenvalue weighted by Gasteiger charge is -2.22. The van der Waals surface area contributed by atoms with Crippen LogP contribution in [0.5, 0.6) is 17.2 Å². The molecule has 132 valence electrons. The molecule has 0 bridgehead atoms. The van der Waals surface area contributed by atoms with Crippen LogP contribution in [-0.4, -0.2) is 36.4 Å². The van der Waals surface area contributed by atoms with Crippen molar-refractivity contribution in [2.45, 2.75) is 20.0 Å². The van der Waals surface area contributed by atoms with Gasteiger partial charge in [-0.15, -0.1) is 0 Å². The average Bonchev–Trinajstić information content (AvgIpc) is 3.07. The van der Waals surface area contributed by atoms with Crippen molar-refractivity contribution < 1.29 is 14.6 Å². The maximum Gasteiger partial charge on any atom is 0.231 e. The second kappa shape index (κ2) is 7.79. The maximum absolute atomic E-state index is 9.36. The number of guanidine groups is 1. The van der Waals surface area contributed by atoms with Gasteiger partial charge >= 0.3 is 0 Å². The average molecular weight is 341 g/mol. The topological polar surface area (TPSA) is 66.3 Å². The number of hydrogen-bond acceptors (Lipinski definition) is 4. The molecule has 0 radical (unpaired) electrons. The molecule has 0 amide bonds. The van der Waals surface area contributed by atoms with E-state index in [-0.39, 0.29) is 12.5 Å². The summed E-state index contributed by atoms with van der Waals surface area (Å²) in [5, 5.41) is 12.7. The van der Waals surface area contributed by atoms with Crippen LogP contribution in [0.3, 0.4) is 0 Å². The van der Waals surface area contributed by atoms with Crippen molar-refractivity contribution in [2.75, 3.05) is 20.4 Å². The molecule has 3 rings (SSSR count). The maximum atomic E-state index is 9.36. The molecular weight excluding hydrogens is 318 g/mol. The van der Waals surface area contributed by atoms with Gasteiger partial charge in [0.2, 0.25) is 6.79 Å². The highest BCUT2D eigenvalue weighted by Crippen LogP contribution is 2.32. The zero-order valence-electron chi connectivity index (χ0n) is 14.5. The summed E-state index contributed by atoms with van der Waals surface area (Å²) in [6.45, 7) is 4.38. The molecule has 0 unspecified atom stereocenters. The number of aliphatic imine (C=N–C) groups is 1. The van der Waals surface area contributed by atoms with Gasteiger partial charge in [0.05, 0.1) is 6.54 Å². The lowest BCUT2D eigenvalue weighted by atomic mass is 10.2. The Morgan fingerprint density at radius 3 is 2.60 bits per heavy atom. The largest absolute Gasteiger partial charge is 0.508 e. The van der Waals surface area contributed by atoms with E-state index in [9.17, 15) is 5.11 Å². The van der Waals surface area contributed by atoms with Crippen molar-refractivity contribution in [3.05, 3.63) is 53.6 Å². The molecule has 25 heavy (non-hydrogen) atoms. The molecule has 2 aromatic carbocycles. The third-order valence-electron chi connectivity index (χ3n) is 3.90. The first-order chi connectivity index (χ1) is 12.2. The summed E-state index contributed by atoms with van der Waals surface area (Å²) in [6, 6.07) is 13.1. The van der Waals surface area contributed by atoms with E-state index in [0.717, 1.165) is 35.1 Å². The summed E-state index contributed by atoms with van der Waals surface area (Å²) in [5.41, 5.74) is 2.17. The van der Waals surface area contributed by atoms with Gasteiger partial charge in [0.15, 0.2) is 17.5 Å². The van der Waals surface area contributed by atoms with Crippen LogP contribution >= 0.6 is 0 Å². The van der Waals surface area contributed by atoms with Crippen molar-refractivity contribution >= 4 is 5.96 Å². The molecule has 0 saturated carbocycles. The molecule has 0 fully saturated rings. The number of phenols is 1. The molecule has 2 N–H and O–H groups in total. The number of rotatable bonds is 5. The third kappa shape index (κ3) is 4.35. The van der Waals surface area contributed by atoms with Crippen molar-refractivity contribution in [2.24, 2.45) is 4.99 Å². The Labute approximate surface area is 147 Å². The van der Waals surface area contributed by atoms with Gasteiger partial charge < -0.3 is 24.8 Å². The van der Waals surface area contributed by atoms with E-state index in [1.807, 2.05) is 44.3 Å². The molecule has 6 nitrogen and oxygen atoms in total. The lowest BCUT2D eigenvalue weighted by Crippen LogP contribution is -2.38. The fraction of sp³-hybridized carbons (Fsp3) is 0.316. The van der Waals surface area contributed by atoms with Gasteiger partial charge in [0.25, 0.3) is 0 Å². The minimum Gasteiger partial charge on any atom is -0.508 e. The van der Waals surface area contributed by atoms with E-state index in [2.05, 4.69) is 15.2 Å². The van der Waals surface area contributed by atoms with E-state index >= 15 is 0 Å². The molecular formula is C19H23N3O3. The number of fused-ring (bicyclic) bond motifs is 1. The van der Waals surface area contributed by atoms with E-state index in [4.69, 9.17) is 9.47 Å². The number of aromatic hydroxyl groups is 1. The fourth-order valence-electron chi connectivity index (χ4n) is 2.63.